The molecule has 1 aliphatic heterocycles. The molecule has 1 aliphatic rings. The number of halogens is 2. The van der Waals surface area contributed by atoms with Gasteiger partial charge in [-0.25, -0.2) is 14.4 Å². The summed E-state index contributed by atoms with van der Waals surface area (Å²) in [6, 6.07) is 8.88. The first-order valence-electron chi connectivity index (χ1n) is 11.0. The molecule has 1 saturated heterocycles. The minimum absolute atomic E-state index is 0.0759. The minimum atomic E-state index is -0.443. The number of hydrogen-bond acceptors (Lipinski definition) is 5. The first kappa shape index (κ1) is 22.5. The van der Waals surface area contributed by atoms with Crippen LogP contribution in [0.4, 0.5) is 15.9 Å². The normalized spacial score (nSPS) is 15.2. The Bertz CT molecular complexity index is 1120. The highest BCUT2D eigenvalue weighted by Crippen LogP contribution is 2.30. The maximum Gasteiger partial charge on any atom is 0.141 e. The van der Waals surface area contributed by atoms with E-state index in [1.165, 1.54) is 30.0 Å². The highest BCUT2D eigenvalue weighted by Gasteiger charge is 2.20. The fourth-order valence-corrected chi connectivity index (χ4v) is 4.49. The summed E-state index contributed by atoms with van der Waals surface area (Å²) < 4.78 is 13.5. The van der Waals surface area contributed by atoms with E-state index in [4.69, 9.17) is 17.3 Å². The van der Waals surface area contributed by atoms with Gasteiger partial charge in [0.15, 0.2) is 0 Å². The topological polar surface area (TPSA) is 67.1 Å². The average molecular weight is 454 g/mol. The van der Waals surface area contributed by atoms with E-state index in [1.54, 1.807) is 18.5 Å². The number of fused-ring (bicyclic) bond motifs is 1. The van der Waals surface area contributed by atoms with Crippen LogP contribution in [0.5, 0.6) is 0 Å². The van der Waals surface area contributed by atoms with Crippen molar-refractivity contribution in [3.63, 3.8) is 0 Å². The number of nitrogens with two attached hydrogens (primary N) is 1. The highest BCUT2D eigenvalue weighted by atomic mass is 35.5. The number of piperidine rings is 1. The van der Waals surface area contributed by atoms with E-state index in [9.17, 15) is 4.39 Å². The lowest BCUT2D eigenvalue weighted by Crippen LogP contribution is -2.35. The first-order valence-corrected chi connectivity index (χ1v) is 11.4. The summed E-state index contributed by atoms with van der Waals surface area (Å²) in [5.41, 5.74) is 10.6. The third kappa shape index (κ3) is 5.37. The number of hydrogen-bond donors (Lipinski definition) is 2. The van der Waals surface area contributed by atoms with Gasteiger partial charge in [0.25, 0.3) is 0 Å². The SMILES string of the molecule is C=C(N)CCN1CCC(Cc2cc3c(Nc4ccc(F)c(Cl)c4)ncnc3cc2C)CC1. The molecule has 0 unspecified atom stereocenters. The van der Waals surface area contributed by atoms with Gasteiger partial charge in [0.05, 0.1) is 10.5 Å². The largest absolute Gasteiger partial charge is 0.402 e. The van der Waals surface area contributed by atoms with Crippen LogP contribution < -0.4 is 11.1 Å². The fraction of sp³-hybridized carbons (Fsp3) is 0.360. The third-order valence-electron chi connectivity index (χ3n) is 6.24. The number of likely N-dealkylation sites (tertiary alicyclic amines) is 1. The van der Waals surface area contributed by atoms with Crippen LogP contribution in [0.1, 0.15) is 30.4 Å². The molecule has 7 heteroatoms. The van der Waals surface area contributed by atoms with Crippen molar-refractivity contribution in [2.24, 2.45) is 11.7 Å². The molecule has 3 N–H and O–H groups in total. The van der Waals surface area contributed by atoms with Crippen molar-refractivity contribution in [2.45, 2.75) is 32.6 Å². The molecule has 0 spiro atoms. The molecular formula is C25H29ClFN5. The minimum Gasteiger partial charge on any atom is -0.402 e. The molecule has 2 aromatic carbocycles. The van der Waals surface area contributed by atoms with Gasteiger partial charge in [0.1, 0.15) is 18.0 Å². The number of benzene rings is 2. The lowest BCUT2D eigenvalue weighted by molar-refractivity contribution is 0.185. The summed E-state index contributed by atoms with van der Waals surface area (Å²) >= 11 is 5.94. The predicted octanol–water partition coefficient (Wildman–Crippen LogP) is 5.59. The Hall–Kier alpha value is -2.70. The van der Waals surface area contributed by atoms with Crippen LogP contribution in [0.3, 0.4) is 0 Å². The monoisotopic (exact) mass is 453 g/mol. The van der Waals surface area contributed by atoms with Crippen molar-refractivity contribution in [2.75, 3.05) is 25.0 Å². The second-order valence-corrected chi connectivity index (χ2v) is 9.08. The summed E-state index contributed by atoms with van der Waals surface area (Å²) in [7, 11) is 0. The molecule has 1 aromatic heterocycles. The maximum atomic E-state index is 13.5. The van der Waals surface area contributed by atoms with Gasteiger partial charge in [-0.2, -0.15) is 0 Å². The quantitative estimate of drug-likeness (QED) is 0.488. The Morgan fingerprint density at radius 1 is 1.25 bits per heavy atom. The van der Waals surface area contributed by atoms with E-state index in [1.807, 2.05) is 0 Å². The van der Waals surface area contributed by atoms with Gasteiger partial charge in [0, 0.05) is 23.3 Å². The second-order valence-electron chi connectivity index (χ2n) is 8.67. The zero-order chi connectivity index (χ0) is 22.7. The molecule has 0 saturated carbocycles. The molecule has 3 aromatic rings. The summed E-state index contributed by atoms with van der Waals surface area (Å²) in [6.07, 6.45) is 5.80. The van der Waals surface area contributed by atoms with E-state index in [0.717, 1.165) is 49.1 Å². The van der Waals surface area contributed by atoms with E-state index in [0.29, 0.717) is 17.4 Å². The van der Waals surface area contributed by atoms with Gasteiger partial charge >= 0.3 is 0 Å². The molecular weight excluding hydrogens is 425 g/mol. The van der Waals surface area contributed by atoms with Gasteiger partial charge < -0.3 is 16.0 Å². The van der Waals surface area contributed by atoms with Crippen molar-refractivity contribution in [1.82, 2.24) is 14.9 Å². The number of aromatic nitrogens is 2. The zero-order valence-corrected chi connectivity index (χ0v) is 19.1. The van der Waals surface area contributed by atoms with Gasteiger partial charge in [-0.15, -0.1) is 0 Å². The van der Waals surface area contributed by atoms with Crippen molar-refractivity contribution in [3.05, 3.63) is 70.9 Å². The van der Waals surface area contributed by atoms with Crippen LogP contribution in [0.15, 0.2) is 48.9 Å². The van der Waals surface area contributed by atoms with Crippen LogP contribution in [-0.2, 0) is 6.42 Å². The van der Waals surface area contributed by atoms with Gasteiger partial charge in [-0.1, -0.05) is 18.2 Å². The van der Waals surface area contributed by atoms with Crippen LogP contribution in [0.2, 0.25) is 5.02 Å². The fourth-order valence-electron chi connectivity index (χ4n) is 4.31. The molecule has 5 nitrogen and oxygen atoms in total. The average Bonchev–Trinajstić information content (AvgIpc) is 2.77. The number of nitrogens with zero attached hydrogens (tertiary/aromatic N) is 3. The second kappa shape index (κ2) is 9.84. The van der Waals surface area contributed by atoms with Crippen LogP contribution in [-0.4, -0.2) is 34.5 Å². The molecule has 32 heavy (non-hydrogen) atoms. The highest BCUT2D eigenvalue weighted by molar-refractivity contribution is 6.31. The molecule has 2 heterocycles. The molecule has 0 radical (unpaired) electrons. The van der Waals surface area contributed by atoms with Gasteiger partial charge in [-0.3, -0.25) is 0 Å². The van der Waals surface area contributed by atoms with Crippen LogP contribution in [0.25, 0.3) is 10.9 Å². The Morgan fingerprint density at radius 2 is 2.03 bits per heavy atom. The van der Waals surface area contributed by atoms with Crippen molar-refractivity contribution in [1.29, 1.82) is 0 Å². The summed E-state index contributed by atoms with van der Waals surface area (Å²) in [4.78, 5) is 11.4. The van der Waals surface area contributed by atoms with Crippen molar-refractivity contribution in [3.8, 4) is 0 Å². The molecule has 168 valence electrons. The summed E-state index contributed by atoms with van der Waals surface area (Å²) in [5.74, 6) is 0.901. The molecule has 0 amide bonds. The maximum absolute atomic E-state index is 13.5. The van der Waals surface area contributed by atoms with Gasteiger partial charge in [-0.05, 0) is 93.1 Å². The van der Waals surface area contributed by atoms with E-state index in [-0.39, 0.29) is 5.02 Å². The Balaban J connectivity index is 1.50. The molecule has 1 fully saturated rings. The zero-order valence-electron chi connectivity index (χ0n) is 18.4. The molecule has 4 rings (SSSR count). The van der Waals surface area contributed by atoms with E-state index < -0.39 is 5.82 Å². The van der Waals surface area contributed by atoms with Crippen molar-refractivity contribution >= 4 is 34.0 Å². The Labute approximate surface area is 193 Å². The summed E-state index contributed by atoms with van der Waals surface area (Å²) in [5, 5.41) is 4.30. The predicted molar refractivity (Wildman–Crippen MR) is 130 cm³/mol. The lowest BCUT2D eigenvalue weighted by atomic mass is 9.88. The number of nitrogens with one attached hydrogen (secondary N) is 1. The molecule has 0 atom stereocenters. The summed E-state index contributed by atoms with van der Waals surface area (Å²) in [6.45, 7) is 9.15. The number of rotatable bonds is 7. The van der Waals surface area contributed by atoms with Crippen LogP contribution in [0, 0.1) is 18.7 Å². The smallest absolute Gasteiger partial charge is 0.141 e. The van der Waals surface area contributed by atoms with Gasteiger partial charge in [0.2, 0.25) is 0 Å². The van der Waals surface area contributed by atoms with Crippen LogP contribution >= 0.6 is 11.6 Å². The molecule has 0 bridgehead atoms. The molecule has 0 aliphatic carbocycles. The number of anilines is 2. The third-order valence-corrected chi connectivity index (χ3v) is 6.53. The Kier molecular flexibility index (Phi) is 6.92. The lowest BCUT2D eigenvalue weighted by Gasteiger charge is -2.32. The van der Waals surface area contributed by atoms with E-state index in [2.05, 4.69) is 45.8 Å². The standard InChI is InChI=1S/C25H29ClFN5/c1-16-11-24-21(25(30-15-29-24)31-20-3-4-23(27)22(26)14-20)13-19(16)12-18-6-9-32(10-7-18)8-5-17(2)28/h3-4,11,13-15,18H,2,5-10,12,28H2,1H3,(H,29,30,31). The van der Waals surface area contributed by atoms with Crippen molar-refractivity contribution < 1.29 is 4.39 Å². The first-order chi connectivity index (χ1) is 15.4. The van der Waals surface area contributed by atoms with E-state index >= 15 is 0 Å². The Morgan fingerprint density at radius 3 is 2.75 bits per heavy atom. The number of aryl methyl sites for hydroxylation is 1.